The van der Waals surface area contributed by atoms with Crippen LogP contribution < -0.4 is 5.32 Å². The maximum Gasteiger partial charge on any atom is 0.0701 e. The predicted molar refractivity (Wildman–Crippen MR) is 83.8 cm³/mol. The number of hydrogen-bond donors (Lipinski definition) is 1. The lowest BCUT2D eigenvalue weighted by Gasteiger charge is -2.07. The Kier molecular flexibility index (Phi) is 13.2. The van der Waals surface area contributed by atoms with Gasteiger partial charge in [-0.15, -0.1) is 0 Å². The minimum absolute atomic E-state index is 0.627. The van der Waals surface area contributed by atoms with E-state index in [1.165, 1.54) is 19.3 Å². The van der Waals surface area contributed by atoms with E-state index in [1.54, 1.807) is 0 Å². The Morgan fingerprint density at radius 3 is 1.67 bits per heavy atom. The number of hydrogen-bond acceptors (Lipinski definition) is 5. The first kappa shape index (κ1) is 18.8. The van der Waals surface area contributed by atoms with Gasteiger partial charge in [0.05, 0.1) is 39.6 Å². The van der Waals surface area contributed by atoms with Crippen molar-refractivity contribution in [3.63, 3.8) is 0 Å². The lowest BCUT2D eigenvalue weighted by atomic mass is 10.4. The average molecular weight is 303 g/mol. The molecule has 0 amide bonds. The molecule has 5 nitrogen and oxygen atoms in total. The van der Waals surface area contributed by atoms with E-state index >= 15 is 0 Å². The highest BCUT2D eigenvalue weighted by Crippen LogP contribution is 2.18. The summed E-state index contributed by atoms with van der Waals surface area (Å²) in [6.45, 7) is 8.78. The van der Waals surface area contributed by atoms with E-state index in [0.29, 0.717) is 39.6 Å². The summed E-state index contributed by atoms with van der Waals surface area (Å²) in [7, 11) is 0. The standard InChI is InChI=1S/C16H33NO4/c1-2-3-8-18-10-12-20-14-15-21-13-11-19-9-4-7-17-16-5-6-16/h16-17H,2-15H2,1H3. The van der Waals surface area contributed by atoms with E-state index in [4.69, 9.17) is 18.9 Å². The first-order valence-electron chi connectivity index (χ1n) is 8.48. The van der Waals surface area contributed by atoms with Gasteiger partial charge in [0.2, 0.25) is 0 Å². The van der Waals surface area contributed by atoms with Gasteiger partial charge in [0.1, 0.15) is 0 Å². The molecule has 0 aliphatic heterocycles. The molecule has 0 saturated heterocycles. The van der Waals surface area contributed by atoms with Crippen molar-refractivity contribution in [2.45, 2.75) is 45.1 Å². The fraction of sp³-hybridized carbons (Fsp3) is 1.00. The van der Waals surface area contributed by atoms with Crippen LogP contribution in [0.5, 0.6) is 0 Å². The van der Waals surface area contributed by atoms with Gasteiger partial charge in [-0.3, -0.25) is 0 Å². The fourth-order valence-electron chi connectivity index (χ4n) is 1.78. The summed E-state index contributed by atoms with van der Waals surface area (Å²) in [4.78, 5) is 0. The minimum atomic E-state index is 0.627. The molecular formula is C16H33NO4. The topological polar surface area (TPSA) is 49.0 Å². The summed E-state index contributed by atoms with van der Waals surface area (Å²) in [5, 5.41) is 3.47. The third kappa shape index (κ3) is 14.5. The van der Waals surface area contributed by atoms with Crippen LogP contribution in [-0.2, 0) is 18.9 Å². The lowest BCUT2D eigenvalue weighted by Crippen LogP contribution is -2.19. The second-order valence-corrected chi connectivity index (χ2v) is 5.38. The van der Waals surface area contributed by atoms with Crippen molar-refractivity contribution in [2.24, 2.45) is 0 Å². The van der Waals surface area contributed by atoms with Crippen molar-refractivity contribution in [1.29, 1.82) is 0 Å². The Morgan fingerprint density at radius 2 is 1.19 bits per heavy atom. The van der Waals surface area contributed by atoms with Gasteiger partial charge in [-0.05, 0) is 32.2 Å². The number of rotatable bonds is 17. The summed E-state index contributed by atoms with van der Waals surface area (Å²) in [5.41, 5.74) is 0. The van der Waals surface area contributed by atoms with Crippen LogP contribution in [0.25, 0.3) is 0 Å². The molecule has 0 spiro atoms. The van der Waals surface area contributed by atoms with Crippen LogP contribution in [0.2, 0.25) is 0 Å². The van der Waals surface area contributed by atoms with Gasteiger partial charge in [0.15, 0.2) is 0 Å². The van der Waals surface area contributed by atoms with Gasteiger partial charge >= 0.3 is 0 Å². The molecule has 0 bridgehead atoms. The van der Waals surface area contributed by atoms with Gasteiger partial charge in [-0.2, -0.15) is 0 Å². The molecule has 126 valence electrons. The maximum absolute atomic E-state index is 5.49. The van der Waals surface area contributed by atoms with Crippen LogP contribution in [0.4, 0.5) is 0 Å². The van der Waals surface area contributed by atoms with Crippen LogP contribution in [0.3, 0.4) is 0 Å². The van der Waals surface area contributed by atoms with Gasteiger partial charge < -0.3 is 24.3 Å². The molecular weight excluding hydrogens is 270 g/mol. The van der Waals surface area contributed by atoms with Gasteiger partial charge in [0, 0.05) is 19.3 Å². The summed E-state index contributed by atoms with van der Waals surface area (Å²) in [6.07, 6.45) is 6.08. The number of nitrogens with one attached hydrogen (secondary N) is 1. The Morgan fingerprint density at radius 1 is 0.714 bits per heavy atom. The molecule has 1 fully saturated rings. The molecule has 1 saturated carbocycles. The second kappa shape index (κ2) is 14.7. The van der Waals surface area contributed by atoms with Gasteiger partial charge in [0.25, 0.3) is 0 Å². The Bertz CT molecular complexity index is 212. The molecule has 0 heterocycles. The summed E-state index contributed by atoms with van der Waals surface area (Å²) < 4.78 is 21.7. The molecule has 0 aromatic heterocycles. The van der Waals surface area contributed by atoms with E-state index in [2.05, 4.69) is 12.2 Å². The lowest BCUT2D eigenvalue weighted by molar-refractivity contribution is -0.00221. The zero-order chi connectivity index (χ0) is 15.0. The SMILES string of the molecule is CCCCOCCOCCOCCOCCCNC1CC1. The number of ether oxygens (including phenoxy) is 4. The normalized spacial score (nSPS) is 14.7. The molecule has 0 aromatic carbocycles. The highest BCUT2D eigenvalue weighted by molar-refractivity contribution is 4.80. The van der Waals surface area contributed by atoms with Crippen molar-refractivity contribution in [1.82, 2.24) is 5.32 Å². The average Bonchev–Trinajstić information content (AvgIpc) is 3.31. The smallest absolute Gasteiger partial charge is 0.0701 e. The van der Waals surface area contributed by atoms with Gasteiger partial charge in [-0.25, -0.2) is 0 Å². The van der Waals surface area contributed by atoms with E-state index < -0.39 is 0 Å². The van der Waals surface area contributed by atoms with E-state index in [0.717, 1.165) is 38.6 Å². The Labute approximate surface area is 129 Å². The van der Waals surface area contributed by atoms with Crippen molar-refractivity contribution >= 4 is 0 Å². The molecule has 0 radical (unpaired) electrons. The first-order chi connectivity index (χ1) is 10.4. The zero-order valence-corrected chi connectivity index (χ0v) is 13.6. The largest absolute Gasteiger partial charge is 0.379 e. The van der Waals surface area contributed by atoms with Crippen LogP contribution >= 0.6 is 0 Å². The monoisotopic (exact) mass is 303 g/mol. The zero-order valence-electron chi connectivity index (χ0n) is 13.6. The summed E-state index contributed by atoms with van der Waals surface area (Å²) in [6, 6.07) is 0.797. The molecule has 5 heteroatoms. The van der Waals surface area contributed by atoms with Crippen LogP contribution in [0, 0.1) is 0 Å². The first-order valence-corrected chi connectivity index (χ1v) is 8.48. The third-order valence-corrected chi connectivity index (χ3v) is 3.23. The van der Waals surface area contributed by atoms with E-state index in [1.807, 2.05) is 0 Å². The van der Waals surface area contributed by atoms with Crippen molar-refractivity contribution in [3.05, 3.63) is 0 Å². The minimum Gasteiger partial charge on any atom is -0.379 e. The molecule has 1 N–H and O–H groups in total. The molecule has 1 aliphatic carbocycles. The second-order valence-electron chi connectivity index (χ2n) is 5.38. The fourth-order valence-corrected chi connectivity index (χ4v) is 1.78. The van der Waals surface area contributed by atoms with E-state index in [-0.39, 0.29) is 0 Å². The highest BCUT2D eigenvalue weighted by Gasteiger charge is 2.19. The quantitative estimate of drug-likeness (QED) is 0.417. The molecule has 21 heavy (non-hydrogen) atoms. The molecule has 0 unspecified atom stereocenters. The van der Waals surface area contributed by atoms with Crippen LogP contribution in [0.15, 0.2) is 0 Å². The van der Waals surface area contributed by atoms with Crippen molar-refractivity contribution in [3.8, 4) is 0 Å². The van der Waals surface area contributed by atoms with Gasteiger partial charge in [-0.1, -0.05) is 13.3 Å². The molecule has 0 atom stereocenters. The predicted octanol–water partition coefficient (Wildman–Crippen LogP) is 1.99. The Hall–Kier alpha value is -0.200. The Balaban J connectivity index is 1.59. The molecule has 0 aromatic rings. The molecule has 1 rings (SSSR count). The number of unbranched alkanes of at least 4 members (excludes halogenated alkanes) is 1. The summed E-state index contributed by atoms with van der Waals surface area (Å²) in [5.74, 6) is 0. The van der Waals surface area contributed by atoms with Crippen molar-refractivity contribution < 1.29 is 18.9 Å². The summed E-state index contributed by atoms with van der Waals surface area (Å²) >= 11 is 0. The van der Waals surface area contributed by atoms with Crippen molar-refractivity contribution in [2.75, 3.05) is 59.4 Å². The van der Waals surface area contributed by atoms with Crippen LogP contribution in [-0.4, -0.2) is 65.4 Å². The van der Waals surface area contributed by atoms with E-state index in [9.17, 15) is 0 Å². The van der Waals surface area contributed by atoms with Crippen LogP contribution in [0.1, 0.15) is 39.0 Å². The third-order valence-electron chi connectivity index (χ3n) is 3.23. The molecule has 1 aliphatic rings. The maximum atomic E-state index is 5.49. The highest BCUT2D eigenvalue weighted by atomic mass is 16.6.